The predicted octanol–water partition coefficient (Wildman–Crippen LogP) is 1.54. The first-order chi connectivity index (χ1) is 6.59. The van der Waals surface area contributed by atoms with Crippen molar-refractivity contribution >= 4 is 5.95 Å². The van der Waals surface area contributed by atoms with Crippen LogP contribution in [-0.2, 0) is 0 Å². The van der Waals surface area contributed by atoms with Crippen molar-refractivity contribution in [3.63, 3.8) is 0 Å². The maximum absolute atomic E-state index is 13.0. The second kappa shape index (κ2) is 4.55. The van der Waals surface area contributed by atoms with Crippen molar-refractivity contribution < 1.29 is 9.13 Å². The molecule has 0 atom stereocenters. The van der Waals surface area contributed by atoms with E-state index in [1.165, 1.54) is 0 Å². The fraction of sp³-hybridized carbons (Fsp3) is 0.333. The van der Waals surface area contributed by atoms with E-state index in [1.807, 2.05) is 6.92 Å². The standard InChI is InChI=1S/C9H12FN3O/c1-6(2)3-4-14-8-7(10)5-12-9(11)13-8/h5H,1,3-4H2,2H3,(H2,11,12,13). The number of halogens is 1. The molecule has 0 amide bonds. The smallest absolute Gasteiger partial charge is 0.255 e. The SMILES string of the molecule is C=C(C)CCOc1nc(N)ncc1F. The monoisotopic (exact) mass is 197 g/mol. The topological polar surface area (TPSA) is 61.0 Å². The van der Waals surface area contributed by atoms with Gasteiger partial charge >= 0.3 is 0 Å². The molecule has 0 bridgehead atoms. The van der Waals surface area contributed by atoms with E-state index in [2.05, 4.69) is 16.5 Å². The molecule has 0 aliphatic rings. The van der Waals surface area contributed by atoms with Crippen LogP contribution >= 0.6 is 0 Å². The number of nitrogen functional groups attached to an aromatic ring is 1. The summed E-state index contributed by atoms with van der Waals surface area (Å²) in [5, 5.41) is 0. The molecule has 0 spiro atoms. The highest BCUT2D eigenvalue weighted by molar-refractivity contribution is 5.22. The van der Waals surface area contributed by atoms with Crippen LogP contribution in [0.15, 0.2) is 18.3 Å². The number of rotatable bonds is 4. The highest BCUT2D eigenvalue weighted by Gasteiger charge is 2.05. The summed E-state index contributed by atoms with van der Waals surface area (Å²) in [4.78, 5) is 7.09. The number of nitrogens with two attached hydrogens (primary N) is 1. The van der Waals surface area contributed by atoms with E-state index in [4.69, 9.17) is 10.5 Å². The summed E-state index contributed by atoms with van der Waals surface area (Å²) in [6.07, 6.45) is 1.64. The Bertz CT molecular complexity index is 341. The predicted molar refractivity (Wildman–Crippen MR) is 51.3 cm³/mol. The van der Waals surface area contributed by atoms with Crippen LogP contribution in [0.1, 0.15) is 13.3 Å². The molecule has 1 heterocycles. The van der Waals surface area contributed by atoms with Crippen molar-refractivity contribution in [2.24, 2.45) is 0 Å². The second-order valence-corrected chi connectivity index (χ2v) is 2.94. The van der Waals surface area contributed by atoms with Crippen LogP contribution < -0.4 is 10.5 Å². The van der Waals surface area contributed by atoms with Crippen LogP contribution in [0.4, 0.5) is 10.3 Å². The van der Waals surface area contributed by atoms with Gasteiger partial charge in [-0.1, -0.05) is 5.57 Å². The zero-order valence-corrected chi connectivity index (χ0v) is 7.96. The van der Waals surface area contributed by atoms with Gasteiger partial charge in [0.15, 0.2) is 0 Å². The Morgan fingerprint density at radius 1 is 1.71 bits per heavy atom. The third kappa shape index (κ3) is 3.01. The minimum Gasteiger partial charge on any atom is -0.475 e. The number of anilines is 1. The summed E-state index contributed by atoms with van der Waals surface area (Å²) in [5.74, 6) is -0.726. The van der Waals surface area contributed by atoms with E-state index in [9.17, 15) is 4.39 Å². The van der Waals surface area contributed by atoms with Gasteiger partial charge in [-0.15, -0.1) is 6.58 Å². The number of hydrogen-bond acceptors (Lipinski definition) is 4. The first kappa shape index (κ1) is 10.4. The Morgan fingerprint density at radius 2 is 2.43 bits per heavy atom. The summed E-state index contributed by atoms with van der Waals surface area (Å²) in [6, 6.07) is 0. The van der Waals surface area contributed by atoms with Crippen molar-refractivity contribution in [1.29, 1.82) is 0 Å². The zero-order chi connectivity index (χ0) is 10.6. The van der Waals surface area contributed by atoms with E-state index in [0.717, 1.165) is 11.8 Å². The van der Waals surface area contributed by atoms with Crippen molar-refractivity contribution in [1.82, 2.24) is 9.97 Å². The molecule has 0 unspecified atom stereocenters. The Labute approximate surface area is 81.6 Å². The number of hydrogen-bond donors (Lipinski definition) is 1. The van der Waals surface area contributed by atoms with Crippen LogP contribution in [-0.4, -0.2) is 16.6 Å². The van der Waals surface area contributed by atoms with Crippen molar-refractivity contribution in [3.8, 4) is 5.88 Å². The molecule has 14 heavy (non-hydrogen) atoms. The van der Waals surface area contributed by atoms with Crippen LogP contribution in [0.2, 0.25) is 0 Å². The lowest BCUT2D eigenvalue weighted by Gasteiger charge is -2.05. The minimum atomic E-state index is -0.610. The number of nitrogens with zero attached hydrogens (tertiary/aromatic N) is 2. The third-order valence-electron chi connectivity index (χ3n) is 1.50. The Balaban J connectivity index is 2.57. The van der Waals surface area contributed by atoms with Gasteiger partial charge in [0, 0.05) is 6.42 Å². The Morgan fingerprint density at radius 3 is 3.07 bits per heavy atom. The molecule has 0 aromatic carbocycles. The van der Waals surface area contributed by atoms with Gasteiger partial charge in [0.05, 0.1) is 12.8 Å². The van der Waals surface area contributed by atoms with Crippen molar-refractivity contribution in [3.05, 3.63) is 24.2 Å². The van der Waals surface area contributed by atoms with Crippen LogP contribution in [0, 0.1) is 5.82 Å². The van der Waals surface area contributed by atoms with E-state index in [1.54, 1.807) is 0 Å². The lowest BCUT2D eigenvalue weighted by molar-refractivity contribution is 0.291. The molecule has 4 nitrogen and oxygen atoms in total. The molecule has 1 rings (SSSR count). The van der Waals surface area contributed by atoms with Crippen LogP contribution in [0.3, 0.4) is 0 Å². The van der Waals surface area contributed by atoms with E-state index in [0.29, 0.717) is 13.0 Å². The fourth-order valence-electron chi connectivity index (χ4n) is 0.787. The van der Waals surface area contributed by atoms with Gasteiger partial charge in [0.25, 0.3) is 5.88 Å². The molecule has 0 saturated heterocycles. The third-order valence-corrected chi connectivity index (χ3v) is 1.50. The van der Waals surface area contributed by atoms with Crippen molar-refractivity contribution in [2.75, 3.05) is 12.3 Å². The molecular formula is C9H12FN3O. The van der Waals surface area contributed by atoms with Gasteiger partial charge in [-0.05, 0) is 6.92 Å². The van der Waals surface area contributed by atoms with E-state index in [-0.39, 0.29) is 11.8 Å². The Kier molecular flexibility index (Phi) is 3.39. The number of ether oxygens (including phenoxy) is 1. The zero-order valence-electron chi connectivity index (χ0n) is 7.96. The highest BCUT2D eigenvalue weighted by Crippen LogP contribution is 2.13. The molecule has 0 saturated carbocycles. The second-order valence-electron chi connectivity index (χ2n) is 2.94. The molecule has 2 N–H and O–H groups in total. The van der Waals surface area contributed by atoms with Gasteiger partial charge < -0.3 is 10.5 Å². The lowest BCUT2D eigenvalue weighted by atomic mass is 10.3. The van der Waals surface area contributed by atoms with Gasteiger partial charge in [0.1, 0.15) is 0 Å². The first-order valence-corrected chi connectivity index (χ1v) is 4.15. The molecule has 0 aliphatic carbocycles. The van der Waals surface area contributed by atoms with Crippen molar-refractivity contribution in [2.45, 2.75) is 13.3 Å². The van der Waals surface area contributed by atoms with Gasteiger partial charge in [-0.2, -0.15) is 9.37 Å². The first-order valence-electron chi connectivity index (χ1n) is 4.15. The molecule has 1 aromatic heterocycles. The van der Waals surface area contributed by atoms with Gasteiger partial charge in [0.2, 0.25) is 11.8 Å². The molecule has 0 radical (unpaired) electrons. The fourth-order valence-corrected chi connectivity index (χ4v) is 0.787. The van der Waals surface area contributed by atoms with Gasteiger partial charge in [-0.25, -0.2) is 4.98 Å². The summed E-state index contributed by atoms with van der Waals surface area (Å²) in [5.41, 5.74) is 6.24. The number of aromatic nitrogens is 2. The summed E-state index contributed by atoms with van der Waals surface area (Å²) in [6.45, 7) is 5.90. The molecule has 0 fully saturated rings. The highest BCUT2D eigenvalue weighted by atomic mass is 19.1. The largest absolute Gasteiger partial charge is 0.475 e. The molecule has 1 aromatic rings. The molecule has 76 valence electrons. The summed E-state index contributed by atoms with van der Waals surface area (Å²) < 4.78 is 18.0. The van der Waals surface area contributed by atoms with Gasteiger partial charge in [-0.3, -0.25) is 0 Å². The van der Waals surface area contributed by atoms with Crippen LogP contribution in [0.25, 0.3) is 0 Å². The quantitative estimate of drug-likeness (QED) is 0.744. The average Bonchev–Trinajstić information content (AvgIpc) is 2.10. The lowest BCUT2D eigenvalue weighted by Crippen LogP contribution is -2.04. The van der Waals surface area contributed by atoms with Crippen LogP contribution in [0.5, 0.6) is 5.88 Å². The summed E-state index contributed by atoms with van der Waals surface area (Å²) in [7, 11) is 0. The average molecular weight is 197 g/mol. The maximum Gasteiger partial charge on any atom is 0.255 e. The Hall–Kier alpha value is -1.65. The summed E-state index contributed by atoms with van der Waals surface area (Å²) >= 11 is 0. The van der Waals surface area contributed by atoms with E-state index < -0.39 is 5.82 Å². The molecule has 5 heteroatoms. The maximum atomic E-state index is 13.0. The molecule has 0 aliphatic heterocycles. The van der Waals surface area contributed by atoms with E-state index >= 15 is 0 Å². The molecular weight excluding hydrogens is 185 g/mol. The normalized spacial score (nSPS) is 9.86. The minimum absolute atomic E-state index is 0.00303.